The Labute approximate surface area is 141 Å². The van der Waals surface area contributed by atoms with E-state index in [9.17, 15) is 0 Å². The van der Waals surface area contributed by atoms with Gasteiger partial charge in [0.25, 0.3) is 0 Å². The minimum atomic E-state index is 0. The number of benzene rings is 1. The molecule has 0 unspecified atom stereocenters. The molecule has 1 aromatic carbocycles. The number of halogens is 1. The summed E-state index contributed by atoms with van der Waals surface area (Å²) in [6.45, 7) is 3.45. The smallest absolute Gasteiger partial charge is 0.242 e. The second-order valence-electron chi connectivity index (χ2n) is 4.18. The van der Waals surface area contributed by atoms with Gasteiger partial charge in [-0.3, -0.25) is 0 Å². The van der Waals surface area contributed by atoms with Gasteiger partial charge in [0, 0.05) is 0 Å². The lowest BCUT2D eigenvalue weighted by Crippen LogP contribution is -3.00. The quantitative estimate of drug-likeness (QED) is 0.359. The van der Waals surface area contributed by atoms with E-state index in [0.717, 1.165) is 43.4 Å². The maximum Gasteiger partial charge on any atom is 0.242 e. The number of hydrogen-bond acceptors (Lipinski definition) is 4. The van der Waals surface area contributed by atoms with Crippen molar-refractivity contribution in [2.24, 2.45) is 0 Å². The summed E-state index contributed by atoms with van der Waals surface area (Å²) in [5, 5.41) is 1.25. The van der Waals surface area contributed by atoms with Crippen molar-refractivity contribution in [2.75, 3.05) is 46.8 Å². The van der Waals surface area contributed by atoms with Crippen molar-refractivity contribution in [1.82, 2.24) is 0 Å². The highest BCUT2D eigenvalue weighted by Gasteiger charge is 2.20. The Hall–Kier alpha value is -0.470. The second kappa shape index (κ2) is 8.74. The molecule has 0 N–H and O–H groups in total. The van der Waals surface area contributed by atoms with E-state index in [-0.39, 0.29) is 24.0 Å². The van der Waals surface area contributed by atoms with Crippen LogP contribution < -0.4 is 33.5 Å². The zero-order valence-electron chi connectivity index (χ0n) is 12.0. The molecule has 2 rings (SSSR count). The minimum Gasteiger partial charge on any atom is -1.00 e. The van der Waals surface area contributed by atoms with E-state index in [2.05, 4.69) is 16.9 Å². The molecule has 0 amide bonds. The molecule has 0 radical (unpaired) electrons. The first-order valence-electron chi connectivity index (χ1n) is 6.26. The van der Waals surface area contributed by atoms with Gasteiger partial charge in [0.2, 0.25) is 5.04 Å². The predicted molar refractivity (Wildman–Crippen MR) is 78.0 cm³/mol. The molecule has 6 heteroatoms. The molecule has 112 valence electrons. The molecule has 0 spiro atoms. The van der Waals surface area contributed by atoms with Crippen molar-refractivity contribution in [3.63, 3.8) is 0 Å². The Morgan fingerprint density at radius 2 is 1.80 bits per heavy atom. The van der Waals surface area contributed by atoms with Gasteiger partial charge in [-0.15, -0.1) is 0 Å². The third kappa shape index (κ3) is 4.02. The van der Waals surface area contributed by atoms with Crippen molar-refractivity contribution in [3.05, 3.63) is 23.8 Å². The Morgan fingerprint density at radius 1 is 1.15 bits per heavy atom. The summed E-state index contributed by atoms with van der Waals surface area (Å²) < 4.78 is 18.4. The molecule has 0 atom stereocenters. The van der Waals surface area contributed by atoms with Crippen LogP contribution in [0.3, 0.4) is 0 Å². The first-order chi connectivity index (χ1) is 9.30. The lowest BCUT2D eigenvalue weighted by atomic mass is 10.2. The third-order valence-electron chi connectivity index (χ3n) is 3.12. The molecule has 0 aromatic heterocycles. The van der Waals surface area contributed by atoms with E-state index < -0.39 is 0 Å². The fraction of sp³-hybridized carbons (Fsp3) is 0.500. The van der Waals surface area contributed by atoms with Crippen LogP contribution in [-0.2, 0) is 4.74 Å². The maximum absolute atomic E-state index is 5.40. The molecule has 1 saturated heterocycles. The zero-order valence-corrected chi connectivity index (χ0v) is 15.0. The Balaban J connectivity index is 0.00000200. The molecule has 20 heavy (non-hydrogen) atoms. The molecule has 0 bridgehead atoms. The first-order valence-corrected chi connectivity index (χ1v) is 7.48. The van der Waals surface area contributed by atoms with E-state index >= 15 is 0 Å². The molecule has 4 nitrogen and oxygen atoms in total. The molecular weight excluding hydrogens is 389 g/mol. The van der Waals surface area contributed by atoms with Crippen molar-refractivity contribution in [2.45, 2.75) is 0 Å². The summed E-state index contributed by atoms with van der Waals surface area (Å²) in [6, 6.07) is 6.05. The van der Waals surface area contributed by atoms with Gasteiger partial charge in [0.1, 0.15) is 13.2 Å². The Bertz CT molecular complexity index is 471. The van der Waals surface area contributed by atoms with Crippen molar-refractivity contribution >= 4 is 16.8 Å². The van der Waals surface area contributed by atoms with E-state index in [0.29, 0.717) is 0 Å². The highest BCUT2D eigenvalue weighted by atomic mass is 127. The first kappa shape index (κ1) is 17.6. The fourth-order valence-corrected chi connectivity index (χ4v) is 2.97. The van der Waals surface area contributed by atoms with Crippen LogP contribution in [0.25, 0.3) is 0 Å². The van der Waals surface area contributed by atoms with Crippen LogP contribution in [-0.4, -0.2) is 56.4 Å². The average molecular weight is 409 g/mol. The van der Waals surface area contributed by atoms with E-state index in [1.807, 2.05) is 12.1 Å². The fourth-order valence-electron chi connectivity index (χ4n) is 2.17. The predicted octanol–water partition coefficient (Wildman–Crippen LogP) is -1.14. The summed E-state index contributed by atoms with van der Waals surface area (Å²) in [5.41, 5.74) is 1.16. The van der Waals surface area contributed by atoms with Gasteiger partial charge in [-0.2, -0.15) is 0 Å². The van der Waals surface area contributed by atoms with Crippen LogP contribution in [0, 0.1) is 0 Å². The van der Waals surface area contributed by atoms with Gasteiger partial charge in [0.05, 0.1) is 19.8 Å². The number of rotatable bonds is 3. The number of hydrogen-bond donors (Lipinski definition) is 0. The zero-order chi connectivity index (χ0) is 13.7. The Kier molecular flexibility index (Phi) is 7.68. The van der Waals surface area contributed by atoms with Gasteiger partial charge in [0.15, 0.2) is 24.6 Å². The molecule has 1 aliphatic heterocycles. The molecule has 0 saturated carbocycles. The second-order valence-corrected chi connectivity index (χ2v) is 4.97. The van der Waals surface area contributed by atoms with Gasteiger partial charge < -0.3 is 38.2 Å². The lowest BCUT2D eigenvalue weighted by molar-refractivity contribution is -0.546. The average Bonchev–Trinajstić information content (AvgIpc) is 2.49. The highest BCUT2D eigenvalue weighted by Crippen LogP contribution is 2.29. The summed E-state index contributed by atoms with van der Waals surface area (Å²) in [4.78, 5) is 0. The minimum absolute atomic E-state index is 0. The number of methoxy groups -OCH3 is 2. The number of ether oxygens (including phenoxy) is 3. The highest BCUT2D eigenvalue weighted by molar-refractivity contribution is 8.13. The van der Waals surface area contributed by atoms with Gasteiger partial charge in [-0.1, -0.05) is 11.8 Å². The SMILES string of the molecule is COc1ccc(C(SC)=[N+]2CCOCC2)cc1OC.[I-]. The molecular formula is C14H20INO3S. The number of thioether (sulfide) groups is 1. The van der Waals surface area contributed by atoms with Gasteiger partial charge in [-0.05, 0) is 24.5 Å². The van der Waals surface area contributed by atoms with Crippen LogP contribution in [0.4, 0.5) is 0 Å². The number of morpholine rings is 1. The summed E-state index contributed by atoms with van der Waals surface area (Å²) in [6.07, 6.45) is 2.10. The summed E-state index contributed by atoms with van der Waals surface area (Å²) >= 11 is 1.75. The summed E-state index contributed by atoms with van der Waals surface area (Å²) in [7, 11) is 3.31. The van der Waals surface area contributed by atoms with E-state index in [4.69, 9.17) is 14.2 Å². The monoisotopic (exact) mass is 409 g/mol. The lowest BCUT2D eigenvalue weighted by Gasteiger charge is -2.15. The molecule has 1 aliphatic rings. The van der Waals surface area contributed by atoms with E-state index in [1.165, 1.54) is 5.04 Å². The van der Waals surface area contributed by atoms with Gasteiger partial charge in [-0.25, -0.2) is 4.58 Å². The van der Waals surface area contributed by atoms with Crippen LogP contribution >= 0.6 is 11.8 Å². The van der Waals surface area contributed by atoms with Crippen molar-refractivity contribution in [1.29, 1.82) is 0 Å². The molecule has 1 heterocycles. The molecule has 0 aliphatic carbocycles. The van der Waals surface area contributed by atoms with Crippen LogP contribution in [0.15, 0.2) is 18.2 Å². The van der Waals surface area contributed by atoms with Crippen LogP contribution in [0.1, 0.15) is 5.56 Å². The van der Waals surface area contributed by atoms with Gasteiger partial charge >= 0.3 is 0 Å². The van der Waals surface area contributed by atoms with Crippen LogP contribution in [0.5, 0.6) is 11.5 Å². The normalized spacial score (nSPS) is 14.4. The third-order valence-corrected chi connectivity index (χ3v) is 4.00. The standard InChI is InChI=1S/C14H20NO3S.HI/c1-16-12-5-4-11(10-13(12)17-2)14(19-3)15-6-8-18-9-7-15;/h4-5,10H,6-9H2,1-3H3;1H/q+1;/p-1. The van der Waals surface area contributed by atoms with E-state index in [1.54, 1.807) is 26.0 Å². The molecule has 1 aromatic rings. The van der Waals surface area contributed by atoms with Crippen LogP contribution in [0.2, 0.25) is 0 Å². The molecule has 1 fully saturated rings. The summed E-state index contributed by atoms with van der Waals surface area (Å²) in [5.74, 6) is 1.52. The Morgan fingerprint density at radius 3 is 2.35 bits per heavy atom. The largest absolute Gasteiger partial charge is 1.00 e. The number of nitrogens with zero attached hydrogens (tertiary/aromatic N) is 1. The van der Waals surface area contributed by atoms with Crippen molar-refractivity contribution in [3.8, 4) is 11.5 Å². The maximum atomic E-state index is 5.40. The van der Waals surface area contributed by atoms with Crippen molar-refractivity contribution < 1.29 is 42.8 Å². The topological polar surface area (TPSA) is 30.7 Å².